The lowest BCUT2D eigenvalue weighted by molar-refractivity contribution is 1.06. The zero-order chi connectivity index (χ0) is 11.1. The van der Waals surface area contributed by atoms with E-state index < -0.39 is 0 Å². The van der Waals surface area contributed by atoms with Gasteiger partial charge in [-0.05, 0) is 35.9 Å². The average Bonchev–Trinajstić information content (AvgIpc) is 2.31. The predicted molar refractivity (Wildman–Crippen MR) is 69.4 cm³/mol. The molecule has 0 saturated heterocycles. The van der Waals surface area contributed by atoms with E-state index in [0.717, 1.165) is 39.4 Å². The van der Waals surface area contributed by atoms with Crippen LogP contribution < -0.4 is 5.56 Å². The molecule has 1 aliphatic heterocycles. The number of aryl methyl sites for hydroxylation is 1. The fourth-order valence-corrected chi connectivity index (χ4v) is 3.33. The molecule has 82 valence electrons. The molecule has 0 atom stereocenters. The largest absolute Gasteiger partial charge is 0.322 e. The van der Waals surface area contributed by atoms with Gasteiger partial charge in [0.1, 0.15) is 0 Å². The zero-order valence-corrected chi connectivity index (χ0v) is 10.1. The Kier molecular flexibility index (Phi) is 2.45. The van der Waals surface area contributed by atoms with Crippen LogP contribution in [-0.4, -0.2) is 10.7 Å². The number of fused-ring (bicyclic) bond motifs is 3. The lowest BCUT2D eigenvalue weighted by Gasteiger charge is -2.16. The fraction of sp³-hybridized carbons (Fsp3) is 0.250. The van der Waals surface area contributed by atoms with Gasteiger partial charge in [-0.1, -0.05) is 11.6 Å². The molecule has 0 aliphatic carbocycles. The Morgan fingerprint density at radius 3 is 3.06 bits per heavy atom. The van der Waals surface area contributed by atoms with Crippen LogP contribution in [0.3, 0.4) is 0 Å². The summed E-state index contributed by atoms with van der Waals surface area (Å²) in [5.74, 6) is 1.89. The van der Waals surface area contributed by atoms with Gasteiger partial charge in [0.05, 0.1) is 0 Å². The van der Waals surface area contributed by atoms with E-state index in [0.29, 0.717) is 0 Å². The van der Waals surface area contributed by atoms with Crippen molar-refractivity contribution in [3.8, 4) is 0 Å². The molecule has 0 saturated carbocycles. The molecule has 4 heteroatoms. The molecule has 2 heterocycles. The van der Waals surface area contributed by atoms with Crippen molar-refractivity contribution in [1.29, 1.82) is 0 Å². The number of halogens is 1. The van der Waals surface area contributed by atoms with Crippen molar-refractivity contribution in [3.63, 3.8) is 0 Å². The molecule has 2 nitrogen and oxygen atoms in total. The first-order chi connectivity index (χ1) is 7.75. The first-order valence-electron chi connectivity index (χ1n) is 5.17. The number of hydrogen-bond donors (Lipinski definition) is 1. The van der Waals surface area contributed by atoms with Crippen LogP contribution in [0, 0.1) is 0 Å². The third kappa shape index (κ3) is 1.55. The van der Waals surface area contributed by atoms with Gasteiger partial charge < -0.3 is 4.98 Å². The van der Waals surface area contributed by atoms with Crippen LogP contribution in [0.4, 0.5) is 0 Å². The van der Waals surface area contributed by atoms with Crippen LogP contribution >= 0.6 is 23.4 Å². The Hall–Kier alpha value is -0.930. The standard InChI is InChI=1S/C12H10ClNOS/c13-7-1-2-11-9(5-7)8-3-4-16-6-10(8)12(15)14-11/h1-2,5H,3-4,6H2,(H,14,15). The molecule has 1 N–H and O–H groups in total. The topological polar surface area (TPSA) is 32.9 Å². The summed E-state index contributed by atoms with van der Waals surface area (Å²) < 4.78 is 0. The monoisotopic (exact) mass is 251 g/mol. The van der Waals surface area contributed by atoms with Crippen LogP contribution in [0.15, 0.2) is 23.0 Å². The molecule has 0 spiro atoms. The average molecular weight is 252 g/mol. The van der Waals surface area contributed by atoms with Gasteiger partial charge in [0.25, 0.3) is 5.56 Å². The van der Waals surface area contributed by atoms with Gasteiger partial charge in [-0.25, -0.2) is 0 Å². The number of thioether (sulfide) groups is 1. The van der Waals surface area contributed by atoms with E-state index >= 15 is 0 Å². The lowest BCUT2D eigenvalue weighted by Crippen LogP contribution is -2.18. The minimum Gasteiger partial charge on any atom is -0.322 e. The maximum Gasteiger partial charge on any atom is 0.252 e. The second-order valence-corrected chi connectivity index (χ2v) is 5.45. The third-order valence-electron chi connectivity index (χ3n) is 2.94. The zero-order valence-electron chi connectivity index (χ0n) is 8.55. The molecular formula is C12H10ClNOS. The minimum atomic E-state index is 0.0528. The highest BCUT2D eigenvalue weighted by Crippen LogP contribution is 2.28. The summed E-state index contributed by atoms with van der Waals surface area (Å²) in [5, 5.41) is 1.82. The van der Waals surface area contributed by atoms with E-state index in [2.05, 4.69) is 4.98 Å². The van der Waals surface area contributed by atoms with Crippen LogP contribution in [0.25, 0.3) is 10.9 Å². The van der Waals surface area contributed by atoms with E-state index in [4.69, 9.17) is 11.6 Å². The Labute approximate surface area is 102 Å². The van der Waals surface area contributed by atoms with Crippen LogP contribution in [0.2, 0.25) is 5.02 Å². The van der Waals surface area contributed by atoms with Gasteiger partial charge in [-0.2, -0.15) is 11.8 Å². The number of aromatic amines is 1. The number of benzene rings is 1. The smallest absolute Gasteiger partial charge is 0.252 e. The SMILES string of the molecule is O=c1[nH]c2ccc(Cl)cc2c2c1CSCC2. The highest BCUT2D eigenvalue weighted by atomic mass is 35.5. The van der Waals surface area contributed by atoms with E-state index in [-0.39, 0.29) is 5.56 Å². The van der Waals surface area contributed by atoms with Crippen LogP contribution in [0.5, 0.6) is 0 Å². The van der Waals surface area contributed by atoms with Crippen molar-refractivity contribution < 1.29 is 0 Å². The van der Waals surface area contributed by atoms with Crippen molar-refractivity contribution >= 4 is 34.3 Å². The van der Waals surface area contributed by atoms with Crippen molar-refractivity contribution in [2.24, 2.45) is 0 Å². The molecule has 1 aromatic heterocycles. The first-order valence-corrected chi connectivity index (χ1v) is 6.70. The molecule has 0 fully saturated rings. The summed E-state index contributed by atoms with van der Waals surface area (Å²) in [6.45, 7) is 0. The number of rotatable bonds is 0. The molecule has 3 rings (SSSR count). The van der Waals surface area contributed by atoms with Gasteiger partial charge in [-0.15, -0.1) is 0 Å². The molecule has 0 amide bonds. The fourth-order valence-electron chi connectivity index (χ4n) is 2.16. The predicted octanol–water partition coefficient (Wildman–Crippen LogP) is 2.97. The number of nitrogens with one attached hydrogen (secondary N) is 1. The number of aromatic nitrogens is 1. The second-order valence-electron chi connectivity index (χ2n) is 3.90. The molecule has 0 unspecified atom stereocenters. The maximum atomic E-state index is 11.9. The van der Waals surface area contributed by atoms with Gasteiger partial charge in [0.15, 0.2) is 0 Å². The summed E-state index contributed by atoms with van der Waals surface area (Å²) in [6, 6.07) is 5.63. The van der Waals surface area contributed by atoms with E-state index in [9.17, 15) is 4.79 Å². The van der Waals surface area contributed by atoms with Crippen molar-refractivity contribution in [2.75, 3.05) is 5.75 Å². The molecule has 2 aromatic rings. The van der Waals surface area contributed by atoms with Gasteiger partial charge >= 0.3 is 0 Å². The molecule has 1 aliphatic rings. The summed E-state index contributed by atoms with van der Waals surface area (Å²) in [6.07, 6.45) is 0.959. The molecule has 0 radical (unpaired) electrons. The van der Waals surface area contributed by atoms with E-state index in [1.807, 2.05) is 30.0 Å². The maximum absolute atomic E-state index is 11.9. The Morgan fingerprint density at radius 2 is 2.19 bits per heavy atom. The normalized spacial score (nSPS) is 15.1. The summed E-state index contributed by atoms with van der Waals surface area (Å²) in [5.41, 5.74) is 3.04. The molecule has 16 heavy (non-hydrogen) atoms. The van der Waals surface area contributed by atoms with Crippen molar-refractivity contribution in [3.05, 3.63) is 44.7 Å². The van der Waals surface area contributed by atoms with Crippen LogP contribution in [-0.2, 0) is 12.2 Å². The molecular weight excluding hydrogens is 242 g/mol. The molecule has 1 aromatic carbocycles. The van der Waals surface area contributed by atoms with Crippen LogP contribution in [0.1, 0.15) is 11.1 Å². The number of hydrogen-bond acceptors (Lipinski definition) is 2. The summed E-state index contributed by atoms with van der Waals surface area (Å²) in [7, 11) is 0. The Morgan fingerprint density at radius 1 is 1.31 bits per heavy atom. The van der Waals surface area contributed by atoms with Crippen molar-refractivity contribution in [2.45, 2.75) is 12.2 Å². The minimum absolute atomic E-state index is 0.0528. The van der Waals surface area contributed by atoms with Gasteiger partial charge in [0.2, 0.25) is 0 Å². The third-order valence-corrected chi connectivity index (χ3v) is 4.16. The highest BCUT2D eigenvalue weighted by molar-refractivity contribution is 7.98. The molecule has 0 bridgehead atoms. The lowest BCUT2D eigenvalue weighted by atomic mass is 10.0. The second kappa shape index (κ2) is 3.82. The number of pyridine rings is 1. The highest BCUT2D eigenvalue weighted by Gasteiger charge is 2.16. The van der Waals surface area contributed by atoms with E-state index in [1.54, 1.807) is 0 Å². The van der Waals surface area contributed by atoms with Gasteiger partial charge in [-0.3, -0.25) is 4.79 Å². The van der Waals surface area contributed by atoms with E-state index in [1.165, 1.54) is 5.56 Å². The number of H-pyrrole nitrogens is 1. The Bertz CT molecular complexity index is 620. The first kappa shape index (κ1) is 10.2. The quantitative estimate of drug-likeness (QED) is 0.781. The van der Waals surface area contributed by atoms with Gasteiger partial charge in [0, 0.05) is 27.2 Å². The summed E-state index contributed by atoms with van der Waals surface area (Å²) in [4.78, 5) is 14.8. The van der Waals surface area contributed by atoms with Crippen molar-refractivity contribution in [1.82, 2.24) is 4.98 Å². The summed E-state index contributed by atoms with van der Waals surface area (Å²) >= 11 is 7.82. The Balaban J connectivity index is 2.43.